The third-order valence-corrected chi connectivity index (χ3v) is 3.47. The number of ether oxygens (including phenoxy) is 1. The largest absolute Gasteiger partial charge is 0.497 e. The van der Waals surface area contributed by atoms with Gasteiger partial charge in [-0.2, -0.15) is 5.10 Å². The van der Waals surface area contributed by atoms with Crippen LogP contribution in [0.2, 0.25) is 0 Å². The lowest BCUT2D eigenvalue weighted by atomic mass is 10.2. The van der Waals surface area contributed by atoms with Crippen LogP contribution in [0, 0.1) is 13.8 Å². The molecular formula is C16H23N3O. The Morgan fingerprint density at radius 3 is 2.80 bits per heavy atom. The first-order valence-corrected chi connectivity index (χ1v) is 7.07. The summed E-state index contributed by atoms with van der Waals surface area (Å²) in [5.41, 5.74) is 4.57. The van der Waals surface area contributed by atoms with Gasteiger partial charge in [0.05, 0.1) is 18.5 Å². The van der Waals surface area contributed by atoms with E-state index < -0.39 is 0 Å². The standard InChI is InChI=1S/C16H23N3O/c1-5-9-17-11-16-12(2)18-19(13(16)3)14-7-6-8-15(10-14)20-4/h6-8,10,17H,5,9,11H2,1-4H3. The minimum atomic E-state index is 0.848. The number of aromatic nitrogens is 2. The number of rotatable bonds is 6. The Morgan fingerprint density at radius 1 is 1.30 bits per heavy atom. The van der Waals surface area contributed by atoms with E-state index in [1.807, 2.05) is 28.9 Å². The number of hydrogen-bond donors (Lipinski definition) is 1. The normalized spacial score (nSPS) is 10.8. The summed E-state index contributed by atoms with van der Waals surface area (Å²) in [4.78, 5) is 0. The highest BCUT2D eigenvalue weighted by Crippen LogP contribution is 2.21. The number of nitrogens with zero attached hydrogens (tertiary/aromatic N) is 2. The number of benzene rings is 1. The molecule has 0 bridgehead atoms. The molecule has 20 heavy (non-hydrogen) atoms. The van der Waals surface area contributed by atoms with E-state index in [1.54, 1.807) is 7.11 Å². The number of hydrogen-bond acceptors (Lipinski definition) is 3. The second kappa shape index (κ2) is 6.57. The van der Waals surface area contributed by atoms with Gasteiger partial charge >= 0.3 is 0 Å². The first kappa shape index (κ1) is 14.6. The summed E-state index contributed by atoms with van der Waals surface area (Å²) in [6.07, 6.45) is 1.14. The molecule has 2 aromatic rings. The molecule has 1 aromatic carbocycles. The summed E-state index contributed by atoms with van der Waals surface area (Å²) in [7, 11) is 1.68. The second-order valence-electron chi connectivity index (χ2n) is 4.94. The van der Waals surface area contributed by atoms with Crippen LogP contribution in [0.4, 0.5) is 0 Å². The summed E-state index contributed by atoms with van der Waals surface area (Å²) in [6, 6.07) is 7.98. The third kappa shape index (κ3) is 3.02. The number of aryl methyl sites for hydroxylation is 1. The van der Waals surface area contributed by atoms with Crippen molar-refractivity contribution in [3.8, 4) is 11.4 Å². The molecule has 0 aliphatic rings. The van der Waals surface area contributed by atoms with Gasteiger partial charge in [0.2, 0.25) is 0 Å². The van der Waals surface area contributed by atoms with Crippen LogP contribution in [-0.4, -0.2) is 23.4 Å². The first-order chi connectivity index (χ1) is 9.67. The lowest BCUT2D eigenvalue weighted by Gasteiger charge is -2.08. The molecule has 2 rings (SSSR count). The van der Waals surface area contributed by atoms with Gasteiger partial charge in [-0.25, -0.2) is 4.68 Å². The molecule has 1 N–H and O–H groups in total. The van der Waals surface area contributed by atoms with Gasteiger partial charge in [-0.1, -0.05) is 13.0 Å². The minimum Gasteiger partial charge on any atom is -0.497 e. The molecule has 108 valence electrons. The summed E-state index contributed by atoms with van der Waals surface area (Å²) >= 11 is 0. The van der Waals surface area contributed by atoms with Crippen LogP contribution in [0.3, 0.4) is 0 Å². The van der Waals surface area contributed by atoms with Gasteiger partial charge in [0.1, 0.15) is 5.75 Å². The Bertz CT molecular complexity index is 575. The SMILES string of the molecule is CCCNCc1c(C)nn(-c2cccc(OC)c2)c1C. The highest BCUT2D eigenvalue weighted by Gasteiger charge is 2.12. The van der Waals surface area contributed by atoms with E-state index in [0.717, 1.165) is 36.6 Å². The Balaban J connectivity index is 2.30. The van der Waals surface area contributed by atoms with E-state index in [-0.39, 0.29) is 0 Å². The van der Waals surface area contributed by atoms with Crippen LogP contribution < -0.4 is 10.1 Å². The van der Waals surface area contributed by atoms with Crippen molar-refractivity contribution in [1.82, 2.24) is 15.1 Å². The predicted octanol–water partition coefficient (Wildman–Crippen LogP) is 3.00. The zero-order valence-corrected chi connectivity index (χ0v) is 12.7. The van der Waals surface area contributed by atoms with E-state index >= 15 is 0 Å². The summed E-state index contributed by atoms with van der Waals surface area (Å²) < 4.78 is 7.27. The maximum absolute atomic E-state index is 5.28. The number of nitrogens with one attached hydrogen (secondary N) is 1. The molecule has 0 saturated carbocycles. The van der Waals surface area contributed by atoms with Gasteiger partial charge < -0.3 is 10.1 Å². The molecule has 0 saturated heterocycles. The Morgan fingerprint density at radius 2 is 2.10 bits per heavy atom. The molecule has 4 nitrogen and oxygen atoms in total. The molecule has 0 aliphatic carbocycles. The molecule has 0 spiro atoms. The molecule has 0 fully saturated rings. The van der Waals surface area contributed by atoms with Crippen molar-refractivity contribution < 1.29 is 4.74 Å². The van der Waals surface area contributed by atoms with Crippen LogP contribution in [0.5, 0.6) is 5.75 Å². The molecule has 4 heteroatoms. The van der Waals surface area contributed by atoms with E-state index in [1.165, 1.54) is 11.3 Å². The van der Waals surface area contributed by atoms with Crippen molar-refractivity contribution in [3.05, 3.63) is 41.2 Å². The van der Waals surface area contributed by atoms with Crippen molar-refractivity contribution in [3.63, 3.8) is 0 Å². The highest BCUT2D eigenvalue weighted by molar-refractivity contribution is 5.41. The van der Waals surface area contributed by atoms with E-state index in [0.29, 0.717) is 0 Å². The Kier molecular flexibility index (Phi) is 4.79. The third-order valence-electron chi connectivity index (χ3n) is 3.47. The van der Waals surface area contributed by atoms with Crippen molar-refractivity contribution in [2.75, 3.05) is 13.7 Å². The van der Waals surface area contributed by atoms with Crippen molar-refractivity contribution >= 4 is 0 Å². The average molecular weight is 273 g/mol. The average Bonchev–Trinajstić information content (AvgIpc) is 2.75. The zero-order chi connectivity index (χ0) is 14.5. The topological polar surface area (TPSA) is 39.1 Å². The lowest BCUT2D eigenvalue weighted by molar-refractivity contribution is 0.414. The van der Waals surface area contributed by atoms with E-state index in [9.17, 15) is 0 Å². The molecule has 0 aliphatic heterocycles. The summed E-state index contributed by atoms with van der Waals surface area (Å²) in [6.45, 7) is 8.25. The fraction of sp³-hybridized carbons (Fsp3) is 0.438. The van der Waals surface area contributed by atoms with Crippen molar-refractivity contribution in [2.45, 2.75) is 33.7 Å². The van der Waals surface area contributed by atoms with Gasteiger partial charge in [-0.05, 0) is 38.9 Å². The van der Waals surface area contributed by atoms with Crippen LogP contribution in [0.15, 0.2) is 24.3 Å². The first-order valence-electron chi connectivity index (χ1n) is 7.07. The minimum absolute atomic E-state index is 0.848. The van der Waals surface area contributed by atoms with Gasteiger partial charge in [-0.15, -0.1) is 0 Å². The molecule has 0 atom stereocenters. The molecule has 1 heterocycles. The molecule has 0 unspecified atom stereocenters. The molecular weight excluding hydrogens is 250 g/mol. The zero-order valence-electron chi connectivity index (χ0n) is 12.7. The monoisotopic (exact) mass is 273 g/mol. The Hall–Kier alpha value is -1.81. The Labute approximate surface area is 120 Å². The smallest absolute Gasteiger partial charge is 0.121 e. The molecule has 1 aromatic heterocycles. The van der Waals surface area contributed by atoms with Gasteiger partial charge in [-0.3, -0.25) is 0 Å². The van der Waals surface area contributed by atoms with Crippen LogP contribution >= 0.6 is 0 Å². The lowest BCUT2D eigenvalue weighted by Crippen LogP contribution is -2.15. The quantitative estimate of drug-likeness (QED) is 0.822. The van der Waals surface area contributed by atoms with Crippen molar-refractivity contribution in [2.24, 2.45) is 0 Å². The highest BCUT2D eigenvalue weighted by atomic mass is 16.5. The summed E-state index contributed by atoms with van der Waals surface area (Å²) in [5.74, 6) is 0.848. The van der Waals surface area contributed by atoms with Gasteiger partial charge in [0.25, 0.3) is 0 Å². The predicted molar refractivity (Wildman–Crippen MR) is 81.6 cm³/mol. The molecule has 0 radical (unpaired) electrons. The van der Waals surface area contributed by atoms with E-state index in [2.05, 4.69) is 31.2 Å². The van der Waals surface area contributed by atoms with Gasteiger partial charge in [0.15, 0.2) is 0 Å². The van der Waals surface area contributed by atoms with Crippen LogP contribution in [0.1, 0.15) is 30.3 Å². The maximum atomic E-state index is 5.28. The van der Waals surface area contributed by atoms with Gasteiger partial charge in [0, 0.05) is 23.9 Å². The fourth-order valence-electron chi connectivity index (χ4n) is 2.31. The van der Waals surface area contributed by atoms with Crippen molar-refractivity contribution in [1.29, 1.82) is 0 Å². The van der Waals surface area contributed by atoms with E-state index in [4.69, 9.17) is 4.74 Å². The van der Waals surface area contributed by atoms with Crippen LogP contribution in [-0.2, 0) is 6.54 Å². The molecule has 0 amide bonds. The summed E-state index contributed by atoms with van der Waals surface area (Å²) in [5, 5.41) is 8.10. The second-order valence-corrected chi connectivity index (χ2v) is 4.94. The number of methoxy groups -OCH3 is 1. The van der Waals surface area contributed by atoms with Crippen LogP contribution in [0.25, 0.3) is 5.69 Å². The fourth-order valence-corrected chi connectivity index (χ4v) is 2.31. The maximum Gasteiger partial charge on any atom is 0.121 e.